The van der Waals surface area contributed by atoms with Crippen LogP contribution in [0.3, 0.4) is 0 Å². The van der Waals surface area contributed by atoms with Crippen LogP contribution in [0.25, 0.3) is 0 Å². The van der Waals surface area contributed by atoms with Crippen molar-refractivity contribution in [1.29, 1.82) is 0 Å². The minimum absolute atomic E-state index is 0.862. The van der Waals surface area contributed by atoms with E-state index in [0.717, 1.165) is 0 Å². The third-order valence-electron chi connectivity index (χ3n) is 0.923. The summed E-state index contributed by atoms with van der Waals surface area (Å²) < 4.78 is 32.6. The number of halogens is 3. The second-order valence-electron chi connectivity index (χ2n) is 1.94. The topological polar surface area (TPSA) is 38.7 Å². The fourth-order valence-corrected chi connectivity index (χ4v) is 1.66. The van der Waals surface area contributed by atoms with E-state index in [1.807, 2.05) is 0 Å². The number of alkyl halides is 2. The van der Waals surface area contributed by atoms with Gasteiger partial charge in [-0.15, -0.1) is 0 Å². The summed E-state index contributed by atoms with van der Waals surface area (Å²) in [5, 5.41) is 0. The van der Waals surface area contributed by atoms with Crippen molar-refractivity contribution in [2.24, 2.45) is 0 Å². The molecule has 1 heterocycles. The molecule has 10 heavy (non-hydrogen) atoms. The molecule has 0 amide bonds. The second-order valence-corrected chi connectivity index (χ2v) is 4.96. The molecule has 0 atom stereocenters. The van der Waals surface area contributed by atoms with Crippen LogP contribution in [-0.4, -0.2) is 24.0 Å². The van der Waals surface area contributed by atoms with Crippen molar-refractivity contribution < 1.29 is 22.7 Å². The Morgan fingerprint density at radius 2 is 1.80 bits per heavy atom. The first-order chi connectivity index (χ1) is 4.41. The van der Waals surface area contributed by atoms with E-state index >= 15 is 0 Å². The molecule has 0 aromatic rings. The molecule has 0 aromatic heterocycles. The molecule has 0 spiro atoms. The Labute approximate surface area is 61.3 Å². The van der Waals surface area contributed by atoms with Crippen LogP contribution in [0.1, 0.15) is 0 Å². The van der Waals surface area contributed by atoms with Gasteiger partial charge in [0, 0.05) is 0 Å². The van der Waals surface area contributed by atoms with Gasteiger partial charge in [0.25, 0.3) is 0 Å². The molecule has 3 nitrogen and oxygen atoms in total. The van der Waals surface area contributed by atoms with E-state index in [9.17, 15) is 8.78 Å². The maximum absolute atomic E-state index is 12.2. The molecule has 1 aliphatic heterocycles. The monoisotopic (exact) mass is 194 g/mol. The Balaban J connectivity index is 2.46. The summed E-state index contributed by atoms with van der Waals surface area (Å²) in [7, 11) is -3.69. The van der Waals surface area contributed by atoms with Crippen molar-refractivity contribution >= 4 is 18.5 Å². The van der Waals surface area contributed by atoms with Crippen molar-refractivity contribution in [2.45, 2.75) is 5.92 Å². The molecule has 1 aliphatic rings. The molecule has 0 unspecified atom stereocenters. The van der Waals surface area contributed by atoms with Crippen LogP contribution in [-0.2, 0) is 9.05 Å². The molecule has 0 aliphatic carbocycles. The van der Waals surface area contributed by atoms with E-state index in [0.29, 0.717) is 0 Å². The van der Waals surface area contributed by atoms with E-state index in [1.165, 1.54) is 0 Å². The molecule has 0 aromatic carbocycles. The minimum atomic E-state index is -3.69. The molecule has 0 radical (unpaired) electrons. The average molecular weight is 195 g/mol. The molecule has 1 saturated heterocycles. The van der Waals surface area contributed by atoms with Gasteiger partial charge in [-0.2, -0.15) is 0 Å². The molecule has 1 fully saturated rings. The van der Waals surface area contributed by atoms with Crippen LogP contribution in [0.5, 0.6) is 0 Å². The molecule has 7 heteroatoms. The van der Waals surface area contributed by atoms with Crippen LogP contribution in [0.15, 0.2) is 0 Å². The number of hydrogen-bond acceptors (Lipinski definition) is 3. The zero-order chi connectivity index (χ0) is 7.83. The van der Waals surface area contributed by atoms with Gasteiger partial charge >= 0.3 is 60.4 Å². The van der Waals surface area contributed by atoms with Gasteiger partial charge in [-0.05, 0) is 0 Å². The molecular formula is C3H6ClF2O3P. The van der Waals surface area contributed by atoms with Crippen LogP contribution in [0.2, 0.25) is 0 Å². The Morgan fingerprint density at radius 3 is 2.10 bits per heavy atom. The molecule has 1 rings (SSSR count). The van der Waals surface area contributed by atoms with Gasteiger partial charge in [-0.1, -0.05) is 0 Å². The molecular weight excluding hydrogens is 188 g/mol. The van der Waals surface area contributed by atoms with Gasteiger partial charge in [-0.3, -0.25) is 0 Å². The zero-order valence-electron chi connectivity index (χ0n) is 4.81. The van der Waals surface area contributed by atoms with Gasteiger partial charge in [0.2, 0.25) is 0 Å². The van der Waals surface area contributed by atoms with Gasteiger partial charge < -0.3 is 0 Å². The summed E-state index contributed by atoms with van der Waals surface area (Å²) >= 11 is 5.12. The van der Waals surface area contributed by atoms with E-state index in [2.05, 4.69) is 9.05 Å². The average Bonchev–Trinajstić information content (AvgIpc) is 1.79. The fraction of sp³-hybridized carbons (Fsp3) is 1.00. The fourth-order valence-electron chi connectivity index (χ4n) is 0.473. The molecule has 0 saturated carbocycles. The van der Waals surface area contributed by atoms with E-state index in [-0.39, 0.29) is 0 Å². The van der Waals surface area contributed by atoms with Gasteiger partial charge in [0.05, 0.1) is 0 Å². The Morgan fingerprint density at radius 1 is 1.40 bits per heavy atom. The summed E-state index contributed by atoms with van der Waals surface area (Å²) in [5.41, 5.74) is 0. The van der Waals surface area contributed by atoms with Crippen LogP contribution in [0.4, 0.5) is 8.78 Å². The van der Waals surface area contributed by atoms with E-state index < -0.39 is 26.4 Å². The number of hydrogen-bond donors (Lipinski definition) is 1. The van der Waals surface area contributed by atoms with Crippen molar-refractivity contribution in [1.82, 2.24) is 0 Å². The predicted molar refractivity (Wildman–Crippen MR) is 33.2 cm³/mol. The van der Waals surface area contributed by atoms with Crippen LogP contribution < -0.4 is 0 Å². The Kier molecular flexibility index (Phi) is 2.14. The third kappa shape index (κ3) is 2.25. The van der Waals surface area contributed by atoms with E-state index in [1.54, 1.807) is 0 Å². The maximum atomic E-state index is 12.2. The van der Waals surface area contributed by atoms with E-state index in [4.69, 9.17) is 16.1 Å². The van der Waals surface area contributed by atoms with Gasteiger partial charge in [0.15, 0.2) is 0 Å². The predicted octanol–water partition coefficient (Wildman–Crippen LogP) is 1.31. The quantitative estimate of drug-likeness (QED) is 0.591. The summed E-state index contributed by atoms with van der Waals surface area (Å²) in [6.45, 7) is -1.72. The summed E-state index contributed by atoms with van der Waals surface area (Å²) in [4.78, 5) is 8.73. The van der Waals surface area contributed by atoms with Crippen molar-refractivity contribution in [3.8, 4) is 0 Å². The standard InChI is InChI=1S/C3H6ClF2O3P/c4-10(7)8-1-3(5,6)2-9-10/h7,10H,1-2H2. The van der Waals surface area contributed by atoms with Crippen molar-refractivity contribution in [3.63, 3.8) is 0 Å². The third-order valence-corrected chi connectivity index (χ3v) is 2.58. The first-order valence-electron chi connectivity index (χ1n) is 2.48. The Hall–Kier alpha value is 0.460. The second kappa shape index (κ2) is 2.50. The zero-order valence-corrected chi connectivity index (χ0v) is 6.57. The number of rotatable bonds is 0. The van der Waals surface area contributed by atoms with Crippen molar-refractivity contribution in [2.75, 3.05) is 13.2 Å². The summed E-state index contributed by atoms with van der Waals surface area (Å²) in [6, 6.07) is 0. The van der Waals surface area contributed by atoms with Gasteiger partial charge in [0.1, 0.15) is 0 Å². The SMILES string of the molecule is O[PH]1(Cl)OCC(F)(F)CO1. The first kappa shape index (κ1) is 8.56. The van der Waals surface area contributed by atoms with Crippen LogP contribution >= 0.6 is 18.5 Å². The molecule has 1 N–H and O–H groups in total. The molecule has 62 valence electrons. The normalized spacial score (nSPS) is 33.2. The summed E-state index contributed by atoms with van der Waals surface area (Å²) in [5.74, 6) is -3.02. The first-order valence-corrected chi connectivity index (χ1v) is 5.26. The Bertz CT molecular complexity index is 114. The molecule has 0 bridgehead atoms. The summed E-state index contributed by atoms with van der Waals surface area (Å²) in [6.07, 6.45) is 0. The van der Waals surface area contributed by atoms with Crippen LogP contribution in [0, 0.1) is 0 Å². The van der Waals surface area contributed by atoms with Crippen molar-refractivity contribution in [3.05, 3.63) is 0 Å². The van der Waals surface area contributed by atoms with Gasteiger partial charge in [-0.25, -0.2) is 0 Å².